The Balaban J connectivity index is 2.04. The predicted molar refractivity (Wildman–Crippen MR) is 112 cm³/mol. The number of hydrogen-bond acceptors (Lipinski definition) is 2. The van der Waals surface area contributed by atoms with E-state index in [9.17, 15) is 8.78 Å². The minimum atomic E-state index is -1.20. The van der Waals surface area contributed by atoms with Crippen molar-refractivity contribution in [2.75, 3.05) is 6.61 Å². The lowest BCUT2D eigenvalue weighted by atomic mass is 10.1. The van der Waals surface area contributed by atoms with Crippen molar-refractivity contribution >= 4 is 46.6 Å². The molecule has 0 fully saturated rings. The molecule has 3 rings (SSSR count). The first-order valence-electron chi connectivity index (χ1n) is 8.54. The molecule has 2 aromatic heterocycles. The lowest BCUT2D eigenvalue weighted by molar-refractivity contribution is 0.0899. The maximum atomic E-state index is 14.4. The highest BCUT2D eigenvalue weighted by Gasteiger charge is 2.20. The number of nitrogens with zero attached hydrogens (tertiary/aromatic N) is 2. The molecule has 0 bridgehead atoms. The van der Waals surface area contributed by atoms with Crippen LogP contribution in [0.15, 0.2) is 35.1 Å². The van der Waals surface area contributed by atoms with Gasteiger partial charge in [0.2, 0.25) is 0 Å². The number of rotatable bonds is 6. The van der Waals surface area contributed by atoms with E-state index in [-0.39, 0.29) is 12.3 Å². The molecule has 0 N–H and O–H groups in total. The first-order chi connectivity index (χ1) is 12.7. The van der Waals surface area contributed by atoms with Crippen molar-refractivity contribution in [2.45, 2.75) is 32.4 Å². The molecule has 0 radical (unpaired) electrons. The Morgan fingerprint density at radius 3 is 2.67 bits per heavy atom. The molecule has 1 aromatic carbocycles. The highest BCUT2D eigenvalue weighted by Crippen LogP contribution is 2.39. The fraction of sp³-hybridized carbons (Fsp3) is 0.316. The number of pyridine rings is 1. The Labute approximate surface area is 171 Å². The predicted octanol–water partition coefficient (Wildman–Crippen LogP) is 6.71. The summed E-state index contributed by atoms with van der Waals surface area (Å²) in [5.74, 6) is -1.81. The molecule has 8 heteroatoms. The van der Waals surface area contributed by atoms with E-state index in [1.54, 1.807) is 17.0 Å². The summed E-state index contributed by atoms with van der Waals surface area (Å²) >= 11 is 9.81. The zero-order valence-electron chi connectivity index (χ0n) is 15.3. The van der Waals surface area contributed by atoms with E-state index >= 15 is 0 Å². The maximum Gasteiger partial charge on any atom is 0.166 e. The second-order valence-electron chi connectivity index (χ2n) is 7.58. The molecule has 0 unspecified atom stereocenters. The van der Waals surface area contributed by atoms with Crippen LogP contribution >= 0.6 is 27.5 Å². The molecule has 3 aromatic rings. The van der Waals surface area contributed by atoms with Crippen molar-refractivity contribution in [3.05, 3.63) is 51.7 Å². The summed E-state index contributed by atoms with van der Waals surface area (Å²) in [6, 6.07) is 5.13. The van der Waals surface area contributed by atoms with Gasteiger partial charge in [0, 0.05) is 43.6 Å². The molecule has 0 saturated heterocycles. The lowest BCUT2D eigenvalue weighted by Crippen LogP contribution is -2.22. The van der Waals surface area contributed by atoms with Crippen molar-refractivity contribution < 1.29 is 13.5 Å². The maximum absolute atomic E-state index is 14.4. The standard InChI is InChI=1S/C19H20BrClF2N2OSi/c1-27(2,3)8-7-26-11-25-10-13(12-5-4-6-15(22)18(12)23)16-17(21)14(20)9-24-19(16)25/h4-6,9-10H,7-8,11H2,1-3H3. The molecule has 0 aliphatic heterocycles. The van der Waals surface area contributed by atoms with Gasteiger partial charge in [-0.15, -0.1) is 0 Å². The number of aromatic nitrogens is 2. The number of hydrogen-bond donors (Lipinski definition) is 0. The summed E-state index contributed by atoms with van der Waals surface area (Å²) in [4.78, 5) is 4.41. The quantitative estimate of drug-likeness (QED) is 0.294. The molecular weight excluding hydrogens is 454 g/mol. The average Bonchev–Trinajstić information content (AvgIpc) is 2.96. The Kier molecular flexibility index (Phi) is 6.05. The van der Waals surface area contributed by atoms with Gasteiger partial charge in [-0.25, -0.2) is 13.8 Å². The van der Waals surface area contributed by atoms with Crippen molar-refractivity contribution in [2.24, 2.45) is 0 Å². The van der Waals surface area contributed by atoms with Crippen LogP contribution in [-0.2, 0) is 11.5 Å². The fourth-order valence-corrected chi connectivity index (χ4v) is 4.04. The number of benzene rings is 1. The van der Waals surface area contributed by atoms with E-state index in [2.05, 4.69) is 40.6 Å². The van der Waals surface area contributed by atoms with E-state index in [1.807, 2.05) is 0 Å². The van der Waals surface area contributed by atoms with Gasteiger partial charge >= 0.3 is 0 Å². The van der Waals surface area contributed by atoms with Crippen molar-refractivity contribution in [1.29, 1.82) is 0 Å². The topological polar surface area (TPSA) is 27.1 Å². The number of halogens is 4. The van der Waals surface area contributed by atoms with Gasteiger partial charge in [-0.05, 0) is 28.0 Å². The van der Waals surface area contributed by atoms with Gasteiger partial charge in [-0.2, -0.15) is 0 Å². The molecule has 0 spiro atoms. The molecule has 0 amide bonds. The third-order valence-electron chi connectivity index (χ3n) is 4.25. The third kappa shape index (κ3) is 4.42. The van der Waals surface area contributed by atoms with E-state index in [0.717, 1.165) is 12.1 Å². The molecular formula is C19H20BrClF2N2OSi. The Bertz CT molecular complexity index is 988. The number of fused-ring (bicyclic) bond motifs is 1. The van der Waals surface area contributed by atoms with Crippen LogP contribution in [0.4, 0.5) is 8.78 Å². The second kappa shape index (κ2) is 7.99. The van der Waals surface area contributed by atoms with Crippen LogP contribution in [0.2, 0.25) is 30.7 Å². The summed E-state index contributed by atoms with van der Waals surface area (Å²) < 4.78 is 36.3. The minimum Gasteiger partial charge on any atom is -0.361 e. The van der Waals surface area contributed by atoms with Crippen LogP contribution in [0.5, 0.6) is 0 Å². The first kappa shape index (κ1) is 20.5. The Morgan fingerprint density at radius 2 is 1.96 bits per heavy atom. The summed E-state index contributed by atoms with van der Waals surface area (Å²) in [6.45, 7) is 7.76. The fourth-order valence-electron chi connectivity index (χ4n) is 2.75. The zero-order chi connectivity index (χ0) is 19.8. The van der Waals surface area contributed by atoms with Gasteiger partial charge in [-0.1, -0.05) is 43.4 Å². The summed E-state index contributed by atoms with van der Waals surface area (Å²) in [5, 5.41) is 0.962. The molecule has 3 nitrogen and oxygen atoms in total. The Morgan fingerprint density at radius 1 is 1.22 bits per heavy atom. The minimum absolute atomic E-state index is 0.141. The summed E-state index contributed by atoms with van der Waals surface area (Å²) in [7, 11) is -1.20. The number of ether oxygens (including phenoxy) is 1. The van der Waals surface area contributed by atoms with Crippen LogP contribution in [-0.4, -0.2) is 24.2 Å². The van der Waals surface area contributed by atoms with Crippen LogP contribution in [0, 0.1) is 11.6 Å². The van der Waals surface area contributed by atoms with Crippen LogP contribution < -0.4 is 0 Å². The van der Waals surface area contributed by atoms with Crippen LogP contribution in [0.25, 0.3) is 22.2 Å². The first-order valence-corrected chi connectivity index (χ1v) is 13.4. The third-order valence-corrected chi connectivity index (χ3v) is 7.17. The molecule has 27 heavy (non-hydrogen) atoms. The average molecular weight is 474 g/mol. The van der Waals surface area contributed by atoms with E-state index in [1.165, 1.54) is 12.1 Å². The van der Waals surface area contributed by atoms with Crippen LogP contribution in [0.1, 0.15) is 0 Å². The van der Waals surface area contributed by atoms with Gasteiger partial charge in [0.15, 0.2) is 11.6 Å². The highest BCUT2D eigenvalue weighted by molar-refractivity contribution is 9.10. The van der Waals surface area contributed by atoms with Gasteiger partial charge < -0.3 is 9.30 Å². The van der Waals surface area contributed by atoms with E-state index < -0.39 is 19.7 Å². The monoisotopic (exact) mass is 472 g/mol. The smallest absolute Gasteiger partial charge is 0.166 e. The van der Waals surface area contributed by atoms with Crippen LogP contribution in [0.3, 0.4) is 0 Å². The lowest BCUT2D eigenvalue weighted by Gasteiger charge is -2.15. The molecule has 2 heterocycles. The summed E-state index contributed by atoms with van der Waals surface area (Å²) in [5.41, 5.74) is 1.19. The van der Waals surface area contributed by atoms with E-state index in [4.69, 9.17) is 16.3 Å². The normalized spacial score (nSPS) is 12.1. The summed E-state index contributed by atoms with van der Waals surface area (Å²) in [6.07, 6.45) is 3.30. The molecule has 0 aliphatic carbocycles. The zero-order valence-corrected chi connectivity index (χ0v) is 18.7. The van der Waals surface area contributed by atoms with Gasteiger partial charge in [-0.3, -0.25) is 0 Å². The van der Waals surface area contributed by atoms with E-state index in [0.29, 0.717) is 32.7 Å². The Hall–Kier alpha value is -1.28. The van der Waals surface area contributed by atoms with Gasteiger partial charge in [0.1, 0.15) is 12.4 Å². The van der Waals surface area contributed by atoms with Crippen molar-refractivity contribution in [1.82, 2.24) is 9.55 Å². The van der Waals surface area contributed by atoms with Gasteiger partial charge in [0.05, 0.1) is 9.50 Å². The highest BCUT2D eigenvalue weighted by atomic mass is 79.9. The molecule has 0 aliphatic rings. The molecule has 0 atom stereocenters. The van der Waals surface area contributed by atoms with Crippen molar-refractivity contribution in [3.63, 3.8) is 0 Å². The molecule has 144 valence electrons. The second-order valence-corrected chi connectivity index (χ2v) is 14.4. The SMILES string of the molecule is C[Si](C)(C)CCOCn1cc(-c2cccc(F)c2F)c2c(Cl)c(Br)cnc21. The van der Waals surface area contributed by atoms with Crippen molar-refractivity contribution in [3.8, 4) is 11.1 Å². The molecule has 0 saturated carbocycles. The largest absolute Gasteiger partial charge is 0.361 e. The van der Waals surface area contributed by atoms with Gasteiger partial charge in [0.25, 0.3) is 0 Å².